The van der Waals surface area contributed by atoms with Crippen molar-refractivity contribution in [3.8, 4) is 0 Å². The first kappa shape index (κ1) is 17.7. The lowest BCUT2D eigenvalue weighted by atomic mass is 10.1. The number of halogens is 1. The number of aromatic nitrogens is 4. The Bertz CT molecular complexity index is 1460. The normalized spacial score (nSPS) is 11.6. The Morgan fingerprint density at radius 2 is 1.34 bits per heavy atom. The lowest BCUT2D eigenvalue weighted by Gasteiger charge is -2.11. The number of rotatable bonds is 2. The number of nitrogens with one attached hydrogen (secondary N) is 1. The average Bonchev–Trinajstić information content (AvgIpc) is 2.72. The lowest BCUT2D eigenvalue weighted by molar-refractivity contribution is -0.113. The number of hydrogen-bond acceptors (Lipinski definition) is 5. The molecular formula is C22H16ClN5O. The summed E-state index contributed by atoms with van der Waals surface area (Å²) in [7, 11) is 0. The van der Waals surface area contributed by atoms with E-state index in [2.05, 4.69) is 5.32 Å². The SMILES string of the molecule is Cc1ccc2c(n1)c1nc(C)ccc1c1nc3cc(NC(=O)CCl)ccc3nc21. The third kappa shape index (κ3) is 2.93. The van der Waals surface area contributed by atoms with Gasteiger partial charge in [-0.05, 0) is 56.3 Å². The first-order chi connectivity index (χ1) is 14.0. The Labute approximate surface area is 171 Å². The minimum atomic E-state index is -0.266. The highest BCUT2D eigenvalue weighted by Gasteiger charge is 2.15. The number of pyridine rings is 2. The van der Waals surface area contributed by atoms with Gasteiger partial charge < -0.3 is 5.32 Å². The summed E-state index contributed by atoms with van der Waals surface area (Å²) in [5.74, 6) is -0.368. The van der Waals surface area contributed by atoms with Crippen LogP contribution in [0.15, 0.2) is 42.5 Å². The molecule has 0 atom stereocenters. The second kappa shape index (κ2) is 6.60. The molecule has 3 aromatic heterocycles. The van der Waals surface area contributed by atoms with Crippen molar-refractivity contribution < 1.29 is 4.79 Å². The molecule has 0 saturated heterocycles. The Morgan fingerprint density at radius 1 is 0.793 bits per heavy atom. The van der Waals surface area contributed by atoms with E-state index in [9.17, 15) is 4.79 Å². The van der Waals surface area contributed by atoms with Gasteiger partial charge in [0.25, 0.3) is 0 Å². The Morgan fingerprint density at radius 3 is 1.93 bits per heavy atom. The molecule has 142 valence electrons. The molecule has 0 spiro atoms. The first-order valence-electron chi connectivity index (χ1n) is 9.17. The summed E-state index contributed by atoms with van der Waals surface area (Å²) < 4.78 is 0. The van der Waals surface area contributed by atoms with Crippen molar-refractivity contribution in [1.82, 2.24) is 19.9 Å². The van der Waals surface area contributed by atoms with Gasteiger partial charge in [0.05, 0.1) is 33.1 Å². The van der Waals surface area contributed by atoms with Crippen LogP contribution in [0.5, 0.6) is 0 Å². The molecule has 29 heavy (non-hydrogen) atoms. The van der Waals surface area contributed by atoms with Crippen LogP contribution >= 0.6 is 11.6 Å². The van der Waals surface area contributed by atoms with Crippen LogP contribution in [0, 0.1) is 13.8 Å². The van der Waals surface area contributed by atoms with Gasteiger partial charge in [-0.1, -0.05) is 0 Å². The van der Waals surface area contributed by atoms with E-state index in [1.807, 2.05) is 44.2 Å². The maximum atomic E-state index is 11.6. The van der Waals surface area contributed by atoms with E-state index in [1.165, 1.54) is 0 Å². The van der Waals surface area contributed by atoms with Crippen molar-refractivity contribution in [1.29, 1.82) is 0 Å². The molecule has 0 unspecified atom stereocenters. The number of alkyl halides is 1. The average molecular weight is 402 g/mol. The molecule has 0 aliphatic heterocycles. The summed E-state index contributed by atoms with van der Waals surface area (Å²) in [6, 6.07) is 13.4. The zero-order valence-corrected chi connectivity index (χ0v) is 16.6. The molecule has 1 N–H and O–H groups in total. The summed E-state index contributed by atoms with van der Waals surface area (Å²) in [5, 5.41) is 4.58. The van der Waals surface area contributed by atoms with E-state index < -0.39 is 0 Å². The van der Waals surface area contributed by atoms with Crippen LogP contribution in [-0.2, 0) is 4.79 Å². The minimum absolute atomic E-state index is 0.102. The van der Waals surface area contributed by atoms with Crippen molar-refractivity contribution in [2.45, 2.75) is 13.8 Å². The fourth-order valence-corrected chi connectivity index (χ4v) is 3.63. The zero-order valence-electron chi connectivity index (χ0n) is 15.8. The number of amides is 1. The summed E-state index contributed by atoms with van der Waals surface area (Å²) in [5.41, 5.74) is 7.10. The molecule has 1 amide bonds. The molecule has 7 heteroatoms. The van der Waals surface area contributed by atoms with Crippen molar-refractivity contribution in [3.05, 3.63) is 53.9 Å². The van der Waals surface area contributed by atoms with Gasteiger partial charge in [-0.15, -0.1) is 11.6 Å². The second-order valence-corrected chi connectivity index (χ2v) is 7.27. The highest BCUT2D eigenvalue weighted by Crippen LogP contribution is 2.33. The van der Waals surface area contributed by atoms with Gasteiger partial charge in [-0.3, -0.25) is 14.8 Å². The van der Waals surface area contributed by atoms with Crippen LogP contribution < -0.4 is 5.32 Å². The second-order valence-electron chi connectivity index (χ2n) is 7.00. The molecule has 5 rings (SSSR count). The van der Waals surface area contributed by atoms with E-state index in [-0.39, 0.29) is 11.8 Å². The minimum Gasteiger partial charge on any atom is -0.325 e. The van der Waals surface area contributed by atoms with E-state index in [4.69, 9.17) is 31.5 Å². The van der Waals surface area contributed by atoms with Crippen molar-refractivity contribution in [2.24, 2.45) is 0 Å². The van der Waals surface area contributed by atoms with Crippen LogP contribution in [0.2, 0.25) is 0 Å². The highest BCUT2D eigenvalue weighted by atomic mass is 35.5. The monoisotopic (exact) mass is 401 g/mol. The molecule has 5 aromatic rings. The molecule has 0 bridgehead atoms. The number of aryl methyl sites for hydroxylation is 2. The van der Waals surface area contributed by atoms with Crippen molar-refractivity contribution in [3.63, 3.8) is 0 Å². The van der Waals surface area contributed by atoms with Gasteiger partial charge in [0.1, 0.15) is 5.88 Å². The number of hydrogen-bond donors (Lipinski definition) is 1. The van der Waals surface area contributed by atoms with Gasteiger partial charge in [-0.2, -0.15) is 0 Å². The van der Waals surface area contributed by atoms with Crippen LogP contribution in [0.3, 0.4) is 0 Å². The van der Waals surface area contributed by atoms with E-state index in [0.717, 1.165) is 49.7 Å². The topological polar surface area (TPSA) is 80.7 Å². The number of anilines is 1. The lowest BCUT2D eigenvalue weighted by Crippen LogP contribution is -2.12. The fourth-order valence-electron chi connectivity index (χ4n) is 3.56. The fraction of sp³-hybridized carbons (Fsp3) is 0.136. The first-order valence-corrected chi connectivity index (χ1v) is 9.71. The predicted octanol–water partition coefficient (Wildman–Crippen LogP) is 4.67. The largest absolute Gasteiger partial charge is 0.325 e. The molecule has 3 heterocycles. The molecule has 0 aliphatic carbocycles. The summed E-state index contributed by atoms with van der Waals surface area (Å²) >= 11 is 5.59. The third-order valence-corrected chi connectivity index (χ3v) is 5.12. The molecule has 6 nitrogen and oxygen atoms in total. The summed E-state index contributed by atoms with van der Waals surface area (Å²) in [6.45, 7) is 3.93. The quantitative estimate of drug-likeness (QED) is 0.264. The highest BCUT2D eigenvalue weighted by molar-refractivity contribution is 6.29. The third-order valence-electron chi connectivity index (χ3n) is 4.87. The Hall–Kier alpha value is -3.38. The maximum absolute atomic E-state index is 11.6. The van der Waals surface area contributed by atoms with Gasteiger partial charge in [0.2, 0.25) is 5.91 Å². The molecule has 0 fully saturated rings. The van der Waals surface area contributed by atoms with Crippen molar-refractivity contribution in [2.75, 3.05) is 11.2 Å². The molecule has 0 saturated carbocycles. The van der Waals surface area contributed by atoms with Gasteiger partial charge in [-0.25, -0.2) is 9.97 Å². The molecule has 2 aromatic carbocycles. The van der Waals surface area contributed by atoms with E-state index in [0.29, 0.717) is 11.2 Å². The Balaban J connectivity index is 1.89. The van der Waals surface area contributed by atoms with Crippen LogP contribution in [0.25, 0.3) is 43.9 Å². The van der Waals surface area contributed by atoms with Crippen LogP contribution in [0.4, 0.5) is 5.69 Å². The summed E-state index contributed by atoms with van der Waals surface area (Å²) in [4.78, 5) is 30.9. The van der Waals surface area contributed by atoms with Gasteiger partial charge in [0, 0.05) is 27.8 Å². The molecule has 0 aliphatic rings. The zero-order chi connectivity index (χ0) is 20.1. The van der Waals surface area contributed by atoms with Crippen LogP contribution in [0.1, 0.15) is 11.4 Å². The van der Waals surface area contributed by atoms with E-state index in [1.54, 1.807) is 12.1 Å². The molecular weight excluding hydrogens is 386 g/mol. The maximum Gasteiger partial charge on any atom is 0.239 e. The molecule has 0 radical (unpaired) electrons. The number of carbonyl (C=O) groups excluding carboxylic acids is 1. The van der Waals surface area contributed by atoms with E-state index >= 15 is 0 Å². The number of nitrogens with zero attached hydrogens (tertiary/aromatic N) is 4. The van der Waals surface area contributed by atoms with Gasteiger partial charge in [0.15, 0.2) is 0 Å². The van der Waals surface area contributed by atoms with Crippen molar-refractivity contribution >= 4 is 67.1 Å². The number of carbonyl (C=O) groups is 1. The Kier molecular flexibility index (Phi) is 4.03. The van der Waals surface area contributed by atoms with Crippen LogP contribution in [-0.4, -0.2) is 31.7 Å². The number of fused-ring (bicyclic) bond motifs is 7. The smallest absolute Gasteiger partial charge is 0.239 e. The number of benzene rings is 2. The predicted molar refractivity (Wildman–Crippen MR) is 116 cm³/mol. The standard InChI is InChI=1S/C22H16ClN5O/c1-11-3-6-14-19(24-11)20-15(7-4-12(2)25-20)22-21(14)27-16-8-5-13(9-17(16)28-22)26-18(29)10-23/h3-9H,10H2,1-2H3,(H,26,29). The van der Waals surface area contributed by atoms with Gasteiger partial charge >= 0.3 is 0 Å². The summed E-state index contributed by atoms with van der Waals surface area (Å²) in [6.07, 6.45) is 0.